The van der Waals surface area contributed by atoms with Gasteiger partial charge in [-0.05, 0) is 34.6 Å². The van der Waals surface area contributed by atoms with Crippen LogP contribution in [0.25, 0.3) is 0 Å². The van der Waals surface area contributed by atoms with E-state index in [9.17, 15) is 13.2 Å². The molecule has 7 heteroatoms. The third-order valence-electron chi connectivity index (χ3n) is 1.82. The van der Waals surface area contributed by atoms with Gasteiger partial charge in [-0.1, -0.05) is 0 Å². The number of aliphatic hydroxyl groups is 1. The van der Waals surface area contributed by atoms with E-state index < -0.39 is 33.7 Å². The van der Waals surface area contributed by atoms with E-state index in [2.05, 4.69) is 5.32 Å². The predicted molar refractivity (Wildman–Crippen MR) is 69.2 cm³/mol. The first-order chi connectivity index (χ1) is 7.87. The van der Waals surface area contributed by atoms with Gasteiger partial charge in [0.05, 0.1) is 18.1 Å². The Bertz CT molecular complexity index is 381. The first-order valence-corrected chi connectivity index (χ1v) is 7.51. The number of aliphatic hydroxyl groups excluding tert-OH is 1. The van der Waals surface area contributed by atoms with Crippen molar-refractivity contribution in [3.05, 3.63) is 0 Å². The quantitative estimate of drug-likeness (QED) is 0.773. The standard InChI is InChI=1S/C11H23NO5S/c1-10(2,3)12-9(14)17-11(4,5)8-18(15,16)7-6-13/h13H,6-8H2,1-5H3,(H,12,14). The van der Waals surface area contributed by atoms with Crippen molar-refractivity contribution < 1.29 is 23.1 Å². The van der Waals surface area contributed by atoms with Crippen molar-refractivity contribution >= 4 is 15.9 Å². The molecule has 2 N–H and O–H groups in total. The van der Waals surface area contributed by atoms with Crippen LogP contribution in [0.1, 0.15) is 34.6 Å². The molecule has 0 unspecified atom stereocenters. The lowest BCUT2D eigenvalue weighted by Crippen LogP contribution is -2.46. The van der Waals surface area contributed by atoms with Gasteiger partial charge in [-0.15, -0.1) is 0 Å². The summed E-state index contributed by atoms with van der Waals surface area (Å²) in [5, 5.41) is 11.2. The number of carbonyl (C=O) groups excluding carboxylic acids is 1. The average Bonchev–Trinajstić information content (AvgIpc) is 1.93. The van der Waals surface area contributed by atoms with Gasteiger partial charge in [-0.25, -0.2) is 13.2 Å². The minimum absolute atomic E-state index is 0.321. The first kappa shape index (κ1) is 17.2. The maximum atomic E-state index is 11.5. The third kappa shape index (κ3) is 8.30. The highest BCUT2D eigenvalue weighted by Gasteiger charge is 2.30. The van der Waals surface area contributed by atoms with Gasteiger partial charge in [-0.3, -0.25) is 0 Å². The summed E-state index contributed by atoms with van der Waals surface area (Å²) < 4.78 is 28.2. The van der Waals surface area contributed by atoms with E-state index in [1.807, 2.05) is 0 Å². The molecule has 0 bridgehead atoms. The van der Waals surface area contributed by atoms with Gasteiger partial charge in [0.1, 0.15) is 5.60 Å². The number of nitrogens with one attached hydrogen (secondary N) is 1. The van der Waals surface area contributed by atoms with E-state index >= 15 is 0 Å². The molecule has 0 atom stereocenters. The van der Waals surface area contributed by atoms with Crippen molar-refractivity contribution in [2.45, 2.75) is 45.8 Å². The van der Waals surface area contributed by atoms with Crippen LogP contribution in [0.5, 0.6) is 0 Å². The molecule has 0 spiro atoms. The highest BCUT2D eigenvalue weighted by atomic mass is 32.2. The Labute approximate surface area is 109 Å². The average molecular weight is 281 g/mol. The Morgan fingerprint density at radius 3 is 2.11 bits per heavy atom. The fourth-order valence-corrected chi connectivity index (χ4v) is 2.89. The van der Waals surface area contributed by atoms with Gasteiger partial charge in [0.15, 0.2) is 9.84 Å². The van der Waals surface area contributed by atoms with Crippen molar-refractivity contribution in [3.8, 4) is 0 Å². The van der Waals surface area contributed by atoms with E-state index in [1.54, 1.807) is 20.8 Å². The first-order valence-electron chi connectivity index (χ1n) is 5.69. The Hall–Kier alpha value is -0.820. The van der Waals surface area contributed by atoms with Gasteiger partial charge < -0.3 is 15.2 Å². The summed E-state index contributed by atoms with van der Waals surface area (Å²) in [6.45, 7) is 7.98. The molecule has 0 radical (unpaired) electrons. The molecule has 0 fully saturated rings. The van der Waals surface area contributed by atoms with Gasteiger partial charge >= 0.3 is 6.09 Å². The number of sulfone groups is 1. The number of hydrogen-bond donors (Lipinski definition) is 2. The number of ether oxygens (including phenoxy) is 1. The van der Waals surface area contributed by atoms with Crippen molar-refractivity contribution in [1.29, 1.82) is 0 Å². The van der Waals surface area contributed by atoms with Crippen molar-refractivity contribution in [3.63, 3.8) is 0 Å². The summed E-state index contributed by atoms with van der Waals surface area (Å²) in [4.78, 5) is 11.5. The van der Waals surface area contributed by atoms with Gasteiger partial charge in [0.2, 0.25) is 0 Å². The highest BCUT2D eigenvalue weighted by Crippen LogP contribution is 2.14. The molecule has 0 saturated carbocycles. The minimum Gasteiger partial charge on any atom is -0.442 e. The SMILES string of the molecule is CC(C)(C)NC(=O)OC(C)(C)CS(=O)(=O)CCO. The molecule has 0 heterocycles. The summed E-state index contributed by atoms with van der Waals surface area (Å²) in [6.07, 6.45) is -0.660. The molecule has 0 aliphatic rings. The van der Waals surface area contributed by atoms with E-state index in [0.29, 0.717) is 0 Å². The second-order valence-corrected chi connectivity index (χ2v) is 8.02. The minimum atomic E-state index is -3.43. The van der Waals surface area contributed by atoms with Gasteiger partial charge in [0, 0.05) is 5.54 Å². The van der Waals surface area contributed by atoms with Crippen molar-refractivity contribution in [2.24, 2.45) is 0 Å². The molecule has 6 nitrogen and oxygen atoms in total. The van der Waals surface area contributed by atoms with Gasteiger partial charge in [0.25, 0.3) is 0 Å². The van der Waals surface area contributed by atoms with Crippen molar-refractivity contribution in [2.75, 3.05) is 18.1 Å². The summed E-state index contributed by atoms with van der Waals surface area (Å²) in [5.74, 6) is -0.654. The van der Waals surface area contributed by atoms with Crippen LogP contribution in [0.2, 0.25) is 0 Å². The monoisotopic (exact) mass is 281 g/mol. The topological polar surface area (TPSA) is 92.7 Å². The van der Waals surface area contributed by atoms with Crippen LogP contribution in [0, 0.1) is 0 Å². The third-order valence-corrected chi connectivity index (χ3v) is 3.76. The number of hydrogen-bond acceptors (Lipinski definition) is 5. The van der Waals surface area contributed by atoms with Crippen LogP contribution < -0.4 is 5.32 Å². The smallest absolute Gasteiger partial charge is 0.408 e. The van der Waals surface area contributed by atoms with Crippen LogP contribution in [0.15, 0.2) is 0 Å². The van der Waals surface area contributed by atoms with E-state index in [-0.39, 0.29) is 11.5 Å². The van der Waals surface area contributed by atoms with Crippen LogP contribution >= 0.6 is 0 Å². The zero-order valence-electron chi connectivity index (χ0n) is 11.6. The molecule has 108 valence electrons. The molecule has 0 rings (SSSR count). The molecule has 0 aliphatic carbocycles. The van der Waals surface area contributed by atoms with Gasteiger partial charge in [-0.2, -0.15) is 0 Å². The largest absolute Gasteiger partial charge is 0.442 e. The Morgan fingerprint density at radius 1 is 1.22 bits per heavy atom. The van der Waals surface area contributed by atoms with Crippen LogP contribution in [-0.2, 0) is 14.6 Å². The lowest BCUT2D eigenvalue weighted by Gasteiger charge is -2.28. The zero-order valence-corrected chi connectivity index (χ0v) is 12.4. The lowest BCUT2D eigenvalue weighted by atomic mass is 10.1. The molecule has 0 aromatic rings. The van der Waals surface area contributed by atoms with E-state index in [4.69, 9.17) is 9.84 Å². The molecule has 1 amide bonds. The predicted octanol–water partition coefficient (Wildman–Crippen LogP) is 0.697. The summed E-state index contributed by atoms with van der Waals surface area (Å²) in [7, 11) is -3.43. The Morgan fingerprint density at radius 2 is 1.72 bits per heavy atom. The number of rotatable bonds is 5. The molecular weight excluding hydrogens is 258 g/mol. The maximum absolute atomic E-state index is 11.5. The Kier molecular flexibility index (Phi) is 5.61. The molecule has 18 heavy (non-hydrogen) atoms. The maximum Gasteiger partial charge on any atom is 0.408 e. The second-order valence-electron chi connectivity index (χ2n) is 5.84. The molecule has 0 aliphatic heterocycles. The van der Waals surface area contributed by atoms with Crippen molar-refractivity contribution in [1.82, 2.24) is 5.32 Å². The van der Waals surface area contributed by atoms with Crippen LogP contribution in [0.4, 0.5) is 4.79 Å². The second kappa shape index (κ2) is 5.88. The van der Waals surface area contributed by atoms with Crippen LogP contribution in [-0.4, -0.2) is 48.9 Å². The fourth-order valence-electron chi connectivity index (χ4n) is 1.35. The number of alkyl carbamates (subject to hydrolysis) is 1. The summed E-state index contributed by atoms with van der Waals surface area (Å²) in [5.41, 5.74) is -1.58. The summed E-state index contributed by atoms with van der Waals surface area (Å²) in [6, 6.07) is 0. The fraction of sp³-hybridized carbons (Fsp3) is 0.909. The molecule has 0 aromatic heterocycles. The van der Waals surface area contributed by atoms with Crippen LogP contribution in [0.3, 0.4) is 0 Å². The molecule has 0 saturated heterocycles. The summed E-state index contributed by atoms with van der Waals surface area (Å²) >= 11 is 0. The lowest BCUT2D eigenvalue weighted by molar-refractivity contribution is 0.0502. The normalized spacial score (nSPS) is 13.2. The van der Waals surface area contributed by atoms with E-state index in [0.717, 1.165) is 0 Å². The highest BCUT2D eigenvalue weighted by molar-refractivity contribution is 7.91. The molecular formula is C11H23NO5S. The zero-order chi connectivity index (χ0) is 14.6. The Balaban J connectivity index is 4.53. The number of carbonyl (C=O) groups is 1. The number of amides is 1. The molecule has 0 aromatic carbocycles. The van der Waals surface area contributed by atoms with E-state index in [1.165, 1.54) is 13.8 Å².